The average molecular weight is 260 g/mol. The second kappa shape index (κ2) is 3.99. The van der Waals surface area contributed by atoms with Crippen molar-refractivity contribution in [3.63, 3.8) is 0 Å². The van der Waals surface area contributed by atoms with Crippen LogP contribution < -0.4 is 5.32 Å². The van der Waals surface area contributed by atoms with Crippen molar-refractivity contribution in [1.82, 2.24) is 10.3 Å². The molecule has 2 aromatic rings. The lowest BCUT2D eigenvalue weighted by Gasteiger charge is -2.04. The predicted molar refractivity (Wildman–Crippen MR) is 58.0 cm³/mol. The summed E-state index contributed by atoms with van der Waals surface area (Å²) in [5.41, 5.74) is -0.348. The molecule has 90 valence electrons. The first-order valence-electron chi connectivity index (χ1n) is 4.61. The van der Waals surface area contributed by atoms with Gasteiger partial charge >= 0.3 is 6.18 Å². The Hall–Kier alpha value is -1.63. The van der Waals surface area contributed by atoms with Crippen molar-refractivity contribution in [3.05, 3.63) is 28.8 Å². The molecule has 0 aliphatic carbocycles. The van der Waals surface area contributed by atoms with E-state index in [4.69, 9.17) is 0 Å². The molecule has 1 N–H and O–H groups in total. The molecule has 1 aromatic heterocycles. The molecular formula is C10H7F3N2OS. The molecule has 1 heterocycles. The molecule has 0 unspecified atom stereocenters. The summed E-state index contributed by atoms with van der Waals surface area (Å²) < 4.78 is 37.7. The number of aromatic nitrogens is 1. The number of thiazole rings is 1. The zero-order valence-electron chi connectivity index (χ0n) is 8.63. The van der Waals surface area contributed by atoms with E-state index in [1.807, 2.05) is 0 Å². The molecule has 0 atom stereocenters. The number of hydrogen-bond donors (Lipinski definition) is 1. The summed E-state index contributed by atoms with van der Waals surface area (Å²) in [4.78, 5) is 15.2. The quantitative estimate of drug-likeness (QED) is 0.856. The largest absolute Gasteiger partial charge is 0.416 e. The molecule has 3 nitrogen and oxygen atoms in total. The van der Waals surface area contributed by atoms with Gasteiger partial charge in [-0.3, -0.25) is 4.79 Å². The summed E-state index contributed by atoms with van der Waals surface area (Å²) in [6, 6.07) is 3.22. The minimum Gasteiger partial charge on any atom is -0.353 e. The molecule has 0 bridgehead atoms. The van der Waals surface area contributed by atoms with Gasteiger partial charge in [0, 0.05) is 7.05 Å². The van der Waals surface area contributed by atoms with Crippen LogP contribution in [0.3, 0.4) is 0 Å². The molecule has 0 radical (unpaired) electrons. The molecule has 17 heavy (non-hydrogen) atoms. The Kier molecular flexibility index (Phi) is 2.78. The van der Waals surface area contributed by atoms with Gasteiger partial charge in [-0.05, 0) is 18.2 Å². The number of fused-ring (bicyclic) bond motifs is 1. The zero-order valence-corrected chi connectivity index (χ0v) is 9.45. The van der Waals surface area contributed by atoms with Gasteiger partial charge in [0.15, 0.2) is 5.01 Å². The Balaban J connectivity index is 2.52. The predicted octanol–water partition coefficient (Wildman–Crippen LogP) is 2.67. The van der Waals surface area contributed by atoms with E-state index < -0.39 is 17.6 Å². The van der Waals surface area contributed by atoms with Crippen LogP contribution in [0.4, 0.5) is 13.2 Å². The molecule has 0 aliphatic rings. The maximum Gasteiger partial charge on any atom is 0.416 e. The van der Waals surface area contributed by atoms with Crippen LogP contribution in [0.25, 0.3) is 10.2 Å². The lowest BCUT2D eigenvalue weighted by molar-refractivity contribution is -0.137. The topological polar surface area (TPSA) is 42.0 Å². The fraction of sp³-hybridized carbons (Fsp3) is 0.200. The van der Waals surface area contributed by atoms with E-state index in [1.165, 1.54) is 13.1 Å². The third-order valence-electron chi connectivity index (χ3n) is 2.14. The standard InChI is InChI=1S/C10H7F3N2OS/c1-14-8(16)9-15-6-3-2-5(10(11,12)13)4-7(6)17-9/h2-4H,1H3,(H,14,16). The lowest BCUT2D eigenvalue weighted by Crippen LogP contribution is -2.17. The number of alkyl halides is 3. The Morgan fingerprint density at radius 2 is 2.12 bits per heavy atom. The smallest absolute Gasteiger partial charge is 0.353 e. The van der Waals surface area contributed by atoms with Crippen LogP contribution in [0.15, 0.2) is 18.2 Å². The summed E-state index contributed by atoms with van der Waals surface area (Å²) in [6.07, 6.45) is -4.38. The molecule has 1 aromatic carbocycles. The number of rotatable bonds is 1. The fourth-order valence-electron chi connectivity index (χ4n) is 1.30. The van der Waals surface area contributed by atoms with Gasteiger partial charge in [0.05, 0.1) is 15.8 Å². The zero-order chi connectivity index (χ0) is 12.6. The first-order valence-corrected chi connectivity index (χ1v) is 5.43. The number of carbonyl (C=O) groups is 1. The minimum absolute atomic E-state index is 0.154. The maximum absolute atomic E-state index is 12.5. The number of benzene rings is 1. The van der Waals surface area contributed by atoms with Gasteiger partial charge in [-0.15, -0.1) is 11.3 Å². The maximum atomic E-state index is 12.5. The Bertz CT molecular complexity index is 576. The fourth-order valence-corrected chi connectivity index (χ4v) is 2.26. The number of hydrogen-bond acceptors (Lipinski definition) is 3. The first kappa shape index (κ1) is 11.8. The number of halogens is 3. The van der Waals surface area contributed by atoms with Gasteiger partial charge in [0.2, 0.25) is 0 Å². The Labute approximate surface area is 98.3 Å². The van der Waals surface area contributed by atoms with Crippen molar-refractivity contribution in [2.45, 2.75) is 6.18 Å². The molecule has 0 saturated heterocycles. The second-order valence-electron chi connectivity index (χ2n) is 3.28. The summed E-state index contributed by atoms with van der Waals surface area (Å²) in [6.45, 7) is 0. The van der Waals surface area contributed by atoms with Crippen molar-refractivity contribution in [2.75, 3.05) is 7.05 Å². The molecule has 0 fully saturated rings. The highest BCUT2D eigenvalue weighted by atomic mass is 32.1. The molecule has 0 saturated carbocycles. The van der Waals surface area contributed by atoms with Crippen LogP contribution in [0, 0.1) is 0 Å². The van der Waals surface area contributed by atoms with Crippen LogP contribution in [0.5, 0.6) is 0 Å². The van der Waals surface area contributed by atoms with Gasteiger partial charge in [0.25, 0.3) is 5.91 Å². The molecular weight excluding hydrogens is 253 g/mol. The number of nitrogens with zero attached hydrogens (tertiary/aromatic N) is 1. The van der Waals surface area contributed by atoms with Crippen LogP contribution in [-0.2, 0) is 6.18 Å². The normalized spacial score (nSPS) is 11.8. The molecule has 7 heteroatoms. The van der Waals surface area contributed by atoms with Gasteiger partial charge < -0.3 is 5.32 Å². The first-order chi connectivity index (χ1) is 7.91. The van der Waals surface area contributed by atoms with Gasteiger partial charge in [-0.2, -0.15) is 13.2 Å². The van der Waals surface area contributed by atoms with E-state index >= 15 is 0 Å². The summed E-state index contributed by atoms with van der Waals surface area (Å²) >= 11 is 0.937. The third kappa shape index (κ3) is 2.23. The van der Waals surface area contributed by atoms with Crippen molar-refractivity contribution in [3.8, 4) is 0 Å². The second-order valence-corrected chi connectivity index (χ2v) is 4.31. The van der Waals surface area contributed by atoms with Crippen molar-refractivity contribution in [2.24, 2.45) is 0 Å². The van der Waals surface area contributed by atoms with E-state index in [9.17, 15) is 18.0 Å². The van der Waals surface area contributed by atoms with E-state index in [2.05, 4.69) is 10.3 Å². The van der Waals surface area contributed by atoms with E-state index in [1.54, 1.807) is 0 Å². The third-order valence-corrected chi connectivity index (χ3v) is 3.15. The van der Waals surface area contributed by atoms with E-state index in [-0.39, 0.29) is 5.01 Å². The molecule has 0 aliphatic heterocycles. The lowest BCUT2D eigenvalue weighted by atomic mass is 10.2. The van der Waals surface area contributed by atoms with Gasteiger partial charge in [0.1, 0.15) is 0 Å². The highest BCUT2D eigenvalue weighted by Crippen LogP contribution is 2.33. The number of amides is 1. The van der Waals surface area contributed by atoms with Crippen LogP contribution >= 0.6 is 11.3 Å². The highest BCUT2D eigenvalue weighted by molar-refractivity contribution is 7.20. The Morgan fingerprint density at radius 3 is 2.71 bits per heavy atom. The monoisotopic (exact) mass is 260 g/mol. The van der Waals surface area contributed by atoms with Crippen LogP contribution in [0.2, 0.25) is 0 Å². The molecule has 0 spiro atoms. The van der Waals surface area contributed by atoms with E-state index in [0.29, 0.717) is 10.2 Å². The summed E-state index contributed by atoms with van der Waals surface area (Å²) in [5.74, 6) is -0.403. The van der Waals surface area contributed by atoms with Crippen molar-refractivity contribution < 1.29 is 18.0 Å². The SMILES string of the molecule is CNC(=O)c1nc2ccc(C(F)(F)F)cc2s1. The summed E-state index contributed by atoms with van der Waals surface area (Å²) in [5, 5.41) is 2.53. The van der Waals surface area contributed by atoms with Crippen molar-refractivity contribution >= 4 is 27.5 Å². The van der Waals surface area contributed by atoms with Crippen LogP contribution in [0.1, 0.15) is 15.4 Å². The summed E-state index contributed by atoms with van der Waals surface area (Å²) in [7, 11) is 1.44. The van der Waals surface area contributed by atoms with E-state index in [0.717, 1.165) is 23.5 Å². The van der Waals surface area contributed by atoms with Gasteiger partial charge in [-0.25, -0.2) is 4.98 Å². The van der Waals surface area contributed by atoms with Gasteiger partial charge in [-0.1, -0.05) is 0 Å². The molecule has 1 amide bonds. The number of carbonyl (C=O) groups excluding carboxylic acids is 1. The highest BCUT2D eigenvalue weighted by Gasteiger charge is 2.30. The minimum atomic E-state index is -4.38. The Morgan fingerprint density at radius 1 is 1.41 bits per heavy atom. The average Bonchev–Trinajstić information content (AvgIpc) is 2.69. The van der Waals surface area contributed by atoms with Crippen molar-refractivity contribution in [1.29, 1.82) is 0 Å². The van der Waals surface area contributed by atoms with Crippen LogP contribution in [-0.4, -0.2) is 17.9 Å². The number of nitrogens with one attached hydrogen (secondary N) is 1. The molecule has 2 rings (SSSR count).